The van der Waals surface area contributed by atoms with E-state index in [1.807, 2.05) is 24.3 Å². The van der Waals surface area contributed by atoms with E-state index in [9.17, 15) is 4.79 Å². The molecule has 1 heterocycles. The number of pyridine rings is 1. The van der Waals surface area contributed by atoms with Crippen LogP contribution in [0.4, 0.5) is 0 Å². The molecule has 0 saturated carbocycles. The van der Waals surface area contributed by atoms with Crippen molar-refractivity contribution in [2.45, 2.75) is 54.4 Å². The van der Waals surface area contributed by atoms with E-state index in [0.717, 1.165) is 12.8 Å². The number of ketones is 1. The summed E-state index contributed by atoms with van der Waals surface area (Å²) in [6.07, 6.45) is 10.6. The average molecular weight is 507 g/mol. The van der Waals surface area contributed by atoms with Crippen molar-refractivity contribution in [1.29, 1.82) is 0 Å². The molecule has 0 unspecified atom stereocenters. The molecule has 2 rings (SSSR count). The first-order chi connectivity index (χ1) is 15.2. The summed E-state index contributed by atoms with van der Waals surface area (Å²) in [6.45, 7) is 9.91. The van der Waals surface area contributed by atoms with Gasteiger partial charge in [0.2, 0.25) is 0 Å². The van der Waals surface area contributed by atoms with E-state index < -0.39 is 0 Å². The normalized spacial score (nSPS) is 18.1. The molecule has 1 aliphatic carbocycles. The molecule has 0 aromatic carbocycles. The third kappa shape index (κ3) is 18.2. The minimum absolute atomic E-state index is 0. The Kier molecular flexibility index (Phi) is 23.2. The van der Waals surface area contributed by atoms with E-state index in [-0.39, 0.29) is 22.7 Å². The molecule has 187 valence electrons. The standard InChI is InChI=1S/C9H13O.C5H5N.2C4H8N2O2.Co/c1-7-5-3-4-6-9(7)8(2)10;1-2-4-6-5-3-1;2*1-3(5-7)4(2)6-8;/h5,7,9H,4,6H2,1-2H3;1-5H;2*7-8H,1-2H3;/q-1;;;;/b;;2*5-3+,6-4+;/t7-,9-;;;;/m1..../s1. The van der Waals surface area contributed by atoms with Gasteiger partial charge in [0.1, 0.15) is 28.6 Å². The summed E-state index contributed by atoms with van der Waals surface area (Å²) in [6, 6.07) is 5.72. The molecule has 2 atom stereocenters. The van der Waals surface area contributed by atoms with Crippen LogP contribution in [0.15, 0.2) is 57.3 Å². The van der Waals surface area contributed by atoms with Crippen molar-refractivity contribution in [3.63, 3.8) is 0 Å². The van der Waals surface area contributed by atoms with E-state index in [4.69, 9.17) is 20.8 Å². The number of oxime groups is 4. The quantitative estimate of drug-likeness (QED) is 0.205. The Bertz CT molecular complexity index is 705. The second-order valence-electron chi connectivity index (χ2n) is 6.75. The van der Waals surface area contributed by atoms with E-state index in [1.165, 1.54) is 27.7 Å². The molecule has 0 fully saturated rings. The molecular weight excluding hydrogens is 473 g/mol. The van der Waals surface area contributed by atoms with Crippen LogP contribution >= 0.6 is 0 Å². The summed E-state index contributed by atoms with van der Waals surface area (Å²) < 4.78 is 0. The maximum absolute atomic E-state index is 11.0. The van der Waals surface area contributed by atoms with Crippen LogP contribution in [0.3, 0.4) is 0 Å². The Labute approximate surface area is 205 Å². The van der Waals surface area contributed by atoms with Crippen LogP contribution < -0.4 is 0 Å². The second kappa shape index (κ2) is 22.2. The smallest absolute Gasteiger partial charge is 0.133 e. The monoisotopic (exact) mass is 507 g/mol. The molecular formula is C22H34CoN5O5-. The van der Waals surface area contributed by atoms with Gasteiger partial charge in [-0.2, -0.15) is 6.42 Å². The molecule has 0 aliphatic heterocycles. The van der Waals surface area contributed by atoms with Gasteiger partial charge in [0.15, 0.2) is 0 Å². The number of hydrogen-bond acceptors (Lipinski definition) is 10. The van der Waals surface area contributed by atoms with Gasteiger partial charge in [-0.3, -0.25) is 15.9 Å². The third-order valence-corrected chi connectivity index (χ3v) is 4.35. The SMILES string of the molecule is CC(=N\O)/C(C)=N/O.CC(=N\O)/C(C)=N/O.CC(=O)[C@@H]1CC[C-]=C[C@H]1C.[Co].c1ccncc1. The van der Waals surface area contributed by atoms with Crippen LogP contribution in [0, 0.1) is 17.9 Å². The number of hydrogen-bond donors (Lipinski definition) is 4. The van der Waals surface area contributed by atoms with Gasteiger partial charge in [-0.05, 0) is 52.7 Å². The zero-order valence-corrected chi connectivity index (χ0v) is 20.8. The van der Waals surface area contributed by atoms with Crippen molar-refractivity contribution in [1.82, 2.24) is 4.98 Å². The van der Waals surface area contributed by atoms with Crippen molar-refractivity contribution in [3.8, 4) is 0 Å². The topological polar surface area (TPSA) is 160 Å². The van der Waals surface area contributed by atoms with Crippen molar-refractivity contribution in [2.75, 3.05) is 0 Å². The molecule has 4 N–H and O–H groups in total. The van der Waals surface area contributed by atoms with E-state index in [2.05, 4.69) is 38.6 Å². The number of rotatable bonds is 3. The number of aromatic nitrogens is 1. The van der Waals surface area contributed by atoms with Crippen LogP contribution in [0.5, 0.6) is 0 Å². The number of carbonyl (C=O) groups is 1. The molecule has 1 radical (unpaired) electrons. The molecule has 0 bridgehead atoms. The number of nitrogens with zero attached hydrogens (tertiary/aromatic N) is 5. The van der Waals surface area contributed by atoms with Crippen LogP contribution in [0.25, 0.3) is 0 Å². The Morgan fingerprint density at radius 1 is 0.818 bits per heavy atom. The largest absolute Gasteiger partial charge is 0.500 e. The molecule has 10 nitrogen and oxygen atoms in total. The van der Waals surface area contributed by atoms with E-state index in [1.54, 1.807) is 19.3 Å². The minimum atomic E-state index is 0. The Morgan fingerprint density at radius 2 is 1.21 bits per heavy atom. The fourth-order valence-electron chi connectivity index (χ4n) is 2.06. The van der Waals surface area contributed by atoms with Gasteiger partial charge in [-0.1, -0.05) is 40.0 Å². The summed E-state index contributed by atoms with van der Waals surface area (Å²) >= 11 is 0. The predicted molar refractivity (Wildman–Crippen MR) is 124 cm³/mol. The van der Waals surface area contributed by atoms with Gasteiger partial charge in [-0.25, -0.2) is 0 Å². The fraction of sp³-hybridized carbons (Fsp3) is 0.455. The number of Topliss-reactive ketones (excluding diaryl/α,β-unsaturated/α-hetero) is 1. The second-order valence-corrected chi connectivity index (χ2v) is 6.75. The van der Waals surface area contributed by atoms with E-state index >= 15 is 0 Å². The predicted octanol–water partition coefficient (Wildman–Crippen LogP) is 4.43. The maximum atomic E-state index is 11.0. The summed E-state index contributed by atoms with van der Waals surface area (Å²) in [4.78, 5) is 14.7. The number of carbonyl (C=O) groups excluding carboxylic acids is 1. The van der Waals surface area contributed by atoms with Crippen molar-refractivity contribution >= 4 is 28.6 Å². The van der Waals surface area contributed by atoms with Gasteiger partial charge < -0.3 is 26.9 Å². The van der Waals surface area contributed by atoms with E-state index in [0.29, 0.717) is 34.5 Å². The first kappa shape index (κ1) is 34.6. The van der Waals surface area contributed by atoms with Crippen LogP contribution in [-0.4, -0.2) is 54.4 Å². The summed E-state index contributed by atoms with van der Waals surface area (Å²) in [5, 5.41) is 43.3. The van der Waals surface area contributed by atoms with Gasteiger partial charge in [0.05, 0.1) is 0 Å². The van der Waals surface area contributed by atoms with Crippen LogP contribution in [0.2, 0.25) is 0 Å². The maximum Gasteiger partial charge on any atom is 0.133 e. The zero-order chi connectivity index (χ0) is 24.9. The van der Waals surface area contributed by atoms with Gasteiger partial charge in [0.25, 0.3) is 0 Å². The number of allylic oxidation sites excluding steroid dienone is 2. The molecule has 0 saturated heterocycles. The Morgan fingerprint density at radius 3 is 1.39 bits per heavy atom. The fourth-order valence-corrected chi connectivity index (χ4v) is 2.06. The molecule has 11 heteroatoms. The van der Waals surface area contributed by atoms with Gasteiger partial charge >= 0.3 is 0 Å². The molecule has 0 amide bonds. The zero-order valence-electron chi connectivity index (χ0n) is 19.8. The molecule has 1 aromatic rings. The minimum Gasteiger partial charge on any atom is -0.500 e. The average Bonchev–Trinajstić information content (AvgIpc) is 2.84. The Hall–Kier alpha value is -3.05. The van der Waals surface area contributed by atoms with Gasteiger partial charge in [0, 0.05) is 35.1 Å². The van der Waals surface area contributed by atoms with Crippen LogP contribution in [-0.2, 0) is 21.6 Å². The van der Waals surface area contributed by atoms with Crippen molar-refractivity contribution < 1.29 is 42.4 Å². The summed E-state index contributed by atoms with van der Waals surface area (Å²) in [7, 11) is 0. The van der Waals surface area contributed by atoms with Crippen LogP contribution in [0.1, 0.15) is 54.4 Å². The molecule has 1 aliphatic rings. The Balaban J connectivity index is -0.000000365. The molecule has 33 heavy (non-hydrogen) atoms. The molecule has 0 spiro atoms. The summed E-state index contributed by atoms with van der Waals surface area (Å²) in [5.74, 6) is 0.998. The third-order valence-electron chi connectivity index (χ3n) is 4.35. The summed E-state index contributed by atoms with van der Waals surface area (Å²) in [5.41, 5.74) is 1.25. The molecule has 1 aromatic heterocycles. The first-order valence-corrected chi connectivity index (χ1v) is 9.83. The first-order valence-electron chi connectivity index (χ1n) is 9.83. The van der Waals surface area contributed by atoms with Crippen molar-refractivity contribution in [2.24, 2.45) is 32.5 Å². The van der Waals surface area contributed by atoms with Crippen molar-refractivity contribution in [3.05, 3.63) is 42.7 Å². The van der Waals surface area contributed by atoms with Gasteiger partial charge in [-0.15, -0.1) is 0 Å².